The Labute approximate surface area is 187 Å². The van der Waals surface area contributed by atoms with Gasteiger partial charge in [0.25, 0.3) is 0 Å². The van der Waals surface area contributed by atoms with Crippen molar-refractivity contribution in [3.05, 3.63) is 64.7 Å². The number of hydrogen-bond acceptors (Lipinski definition) is 3. The molecule has 0 fully saturated rings. The molecule has 2 rings (SSSR count). The van der Waals surface area contributed by atoms with E-state index in [0.717, 1.165) is 46.7 Å². The molecule has 2 aromatic carbocycles. The Hall–Kier alpha value is -2.55. The van der Waals surface area contributed by atoms with Crippen LogP contribution in [0.15, 0.2) is 42.5 Å². The van der Waals surface area contributed by atoms with Gasteiger partial charge in [0, 0.05) is 19.5 Å². The molecule has 176 valence electrons. The second kappa shape index (κ2) is 10.8. The molecule has 0 spiro atoms. The van der Waals surface area contributed by atoms with Crippen molar-refractivity contribution >= 4 is 21.6 Å². The number of carbonyl (C=O) groups is 1. The molecule has 0 radical (unpaired) electrons. The number of nitrogens with one attached hydrogen (secondary N) is 1. The van der Waals surface area contributed by atoms with Crippen LogP contribution in [0.5, 0.6) is 0 Å². The number of rotatable bonds is 10. The van der Waals surface area contributed by atoms with E-state index in [1.165, 1.54) is 17.7 Å². The number of carbonyl (C=O) groups excluding carboxylic acids is 1. The van der Waals surface area contributed by atoms with Crippen molar-refractivity contribution < 1.29 is 26.4 Å². The summed E-state index contributed by atoms with van der Waals surface area (Å²) >= 11 is 0. The van der Waals surface area contributed by atoms with Gasteiger partial charge in [-0.05, 0) is 54.2 Å². The van der Waals surface area contributed by atoms with Crippen molar-refractivity contribution in [1.82, 2.24) is 5.32 Å². The van der Waals surface area contributed by atoms with Gasteiger partial charge >= 0.3 is 6.18 Å². The Morgan fingerprint density at radius 2 is 1.75 bits per heavy atom. The highest BCUT2D eigenvalue weighted by Crippen LogP contribution is 2.32. The number of benzene rings is 2. The zero-order valence-corrected chi connectivity index (χ0v) is 19.3. The molecule has 0 heterocycles. The van der Waals surface area contributed by atoms with Crippen LogP contribution in [0.2, 0.25) is 0 Å². The third kappa shape index (κ3) is 7.25. The molecule has 0 bridgehead atoms. The average Bonchev–Trinajstić information content (AvgIpc) is 2.73. The van der Waals surface area contributed by atoms with Crippen LogP contribution in [-0.4, -0.2) is 27.1 Å². The highest BCUT2D eigenvalue weighted by molar-refractivity contribution is 7.92. The van der Waals surface area contributed by atoms with Crippen LogP contribution in [0.3, 0.4) is 0 Å². The summed E-state index contributed by atoms with van der Waals surface area (Å²) in [6.07, 6.45) is -1.69. The molecule has 32 heavy (non-hydrogen) atoms. The van der Waals surface area contributed by atoms with Crippen molar-refractivity contribution in [2.75, 3.05) is 17.1 Å². The maximum Gasteiger partial charge on any atom is 0.416 e. The highest BCUT2D eigenvalue weighted by atomic mass is 32.2. The molecular weight excluding hydrogens is 441 g/mol. The SMILES string of the molecule is CCc1ccc(CC)c(CNC(=O)CCCN(c2cccc(C(F)(F)F)c2)S(C)(=O)=O)c1. The summed E-state index contributed by atoms with van der Waals surface area (Å²) in [7, 11) is -3.82. The van der Waals surface area contributed by atoms with E-state index in [1.807, 2.05) is 6.92 Å². The summed E-state index contributed by atoms with van der Waals surface area (Å²) in [5.74, 6) is -0.244. The molecule has 0 aliphatic carbocycles. The lowest BCUT2D eigenvalue weighted by Gasteiger charge is -2.23. The van der Waals surface area contributed by atoms with Gasteiger partial charge < -0.3 is 5.32 Å². The average molecular weight is 471 g/mol. The Bertz CT molecular complexity index is 1040. The zero-order valence-electron chi connectivity index (χ0n) is 18.5. The van der Waals surface area contributed by atoms with E-state index in [4.69, 9.17) is 0 Å². The summed E-state index contributed by atoms with van der Waals surface area (Å²) in [6, 6.07) is 10.3. The number of aryl methyl sites for hydroxylation is 2. The van der Waals surface area contributed by atoms with Crippen molar-refractivity contribution in [3.63, 3.8) is 0 Å². The lowest BCUT2D eigenvalue weighted by atomic mass is 10.0. The molecule has 1 N–H and O–H groups in total. The second-order valence-corrected chi connectivity index (χ2v) is 9.48. The second-order valence-electron chi connectivity index (χ2n) is 7.57. The summed E-state index contributed by atoms with van der Waals surface area (Å²) in [4.78, 5) is 12.3. The summed E-state index contributed by atoms with van der Waals surface area (Å²) in [6.45, 7) is 4.37. The smallest absolute Gasteiger partial charge is 0.352 e. The minimum Gasteiger partial charge on any atom is -0.352 e. The quantitative estimate of drug-likeness (QED) is 0.548. The Balaban J connectivity index is 2.00. The number of amides is 1. The Kier molecular flexibility index (Phi) is 8.72. The topological polar surface area (TPSA) is 66.5 Å². The van der Waals surface area contributed by atoms with Gasteiger partial charge in [0.15, 0.2) is 0 Å². The van der Waals surface area contributed by atoms with Crippen LogP contribution < -0.4 is 9.62 Å². The van der Waals surface area contributed by atoms with Gasteiger partial charge in [-0.3, -0.25) is 9.10 Å². The molecule has 0 saturated carbocycles. The van der Waals surface area contributed by atoms with Crippen molar-refractivity contribution in [1.29, 1.82) is 0 Å². The highest BCUT2D eigenvalue weighted by Gasteiger charge is 2.31. The molecule has 5 nitrogen and oxygen atoms in total. The van der Waals surface area contributed by atoms with E-state index < -0.39 is 21.8 Å². The molecule has 0 unspecified atom stereocenters. The molecule has 9 heteroatoms. The summed E-state index contributed by atoms with van der Waals surface area (Å²) < 4.78 is 64.2. The molecular formula is C23H29F3N2O3S. The monoisotopic (exact) mass is 470 g/mol. The third-order valence-corrected chi connectivity index (χ3v) is 6.36. The van der Waals surface area contributed by atoms with Crippen molar-refractivity contribution in [2.45, 2.75) is 52.3 Å². The normalized spacial score (nSPS) is 11.9. The van der Waals surface area contributed by atoms with Crippen LogP contribution in [0.4, 0.5) is 18.9 Å². The maximum absolute atomic E-state index is 13.0. The lowest BCUT2D eigenvalue weighted by Crippen LogP contribution is -2.32. The summed E-state index contributed by atoms with van der Waals surface area (Å²) in [5, 5.41) is 2.85. The Morgan fingerprint density at radius 1 is 1.03 bits per heavy atom. The first-order valence-corrected chi connectivity index (χ1v) is 12.3. The van der Waals surface area contributed by atoms with Gasteiger partial charge in [0.2, 0.25) is 15.9 Å². The number of halogens is 3. The number of alkyl halides is 3. The first kappa shape index (κ1) is 25.7. The molecule has 0 aromatic heterocycles. The third-order valence-electron chi connectivity index (χ3n) is 5.16. The van der Waals surface area contributed by atoms with Gasteiger partial charge in [-0.2, -0.15) is 13.2 Å². The molecule has 2 aromatic rings. The number of hydrogen-bond donors (Lipinski definition) is 1. The van der Waals surface area contributed by atoms with Gasteiger partial charge in [0.05, 0.1) is 17.5 Å². The van der Waals surface area contributed by atoms with Gasteiger partial charge in [-0.1, -0.05) is 38.1 Å². The molecule has 0 aliphatic heterocycles. The van der Waals surface area contributed by atoms with E-state index in [1.54, 1.807) is 0 Å². The fraction of sp³-hybridized carbons (Fsp3) is 0.435. The van der Waals surface area contributed by atoms with E-state index in [0.29, 0.717) is 6.54 Å². The van der Waals surface area contributed by atoms with Crippen LogP contribution in [-0.2, 0) is 40.4 Å². The van der Waals surface area contributed by atoms with E-state index in [-0.39, 0.29) is 31.0 Å². The maximum atomic E-state index is 13.0. The van der Waals surface area contributed by atoms with Gasteiger partial charge in [-0.25, -0.2) is 8.42 Å². The van der Waals surface area contributed by atoms with Crippen LogP contribution in [0.25, 0.3) is 0 Å². The zero-order chi connectivity index (χ0) is 23.9. The van der Waals surface area contributed by atoms with Gasteiger partial charge in [-0.15, -0.1) is 0 Å². The van der Waals surface area contributed by atoms with Crippen molar-refractivity contribution in [3.8, 4) is 0 Å². The minimum absolute atomic E-state index is 0.0555. The molecule has 1 amide bonds. The Morgan fingerprint density at radius 3 is 2.34 bits per heavy atom. The first-order valence-electron chi connectivity index (χ1n) is 10.5. The number of nitrogens with zero attached hydrogens (tertiary/aromatic N) is 1. The van der Waals surface area contributed by atoms with Gasteiger partial charge in [0.1, 0.15) is 0 Å². The molecule has 0 saturated heterocycles. The predicted molar refractivity (Wildman–Crippen MR) is 120 cm³/mol. The molecule has 0 atom stereocenters. The van der Waals surface area contributed by atoms with E-state index in [9.17, 15) is 26.4 Å². The fourth-order valence-corrected chi connectivity index (χ4v) is 4.36. The van der Waals surface area contributed by atoms with E-state index >= 15 is 0 Å². The number of anilines is 1. The lowest BCUT2D eigenvalue weighted by molar-refractivity contribution is -0.137. The van der Waals surface area contributed by atoms with Crippen LogP contribution in [0, 0.1) is 0 Å². The standard InChI is InChI=1S/C23H29F3N2O3S/c1-4-17-11-12-18(5-2)19(14-17)16-27-22(29)10-7-13-28(32(3,30)31)21-9-6-8-20(15-21)23(24,25)26/h6,8-9,11-12,14-15H,4-5,7,10,13,16H2,1-3H3,(H,27,29). The fourth-order valence-electron chi connectivity index (χ4n) is 3.40. The van der Waals surface area contributed by atoms with Crippen LogP contribution >= 0.6 is 0 Å². The largest absolute Gasteiger partial charge is 0.416 e. The van der Waals surface area contributed by atoms with E-state index in [2.05, 4.69) is 30.4 Å². The first-order chi connectivity index (χ1) is 15.0. The minimum atomic E-state index is -4.58. The predicted octanol–water partition coefficient (Wildman–Crippen LogP) is 4.69. The molecule has 0 aliphatic rings. The number of sulfonamides is 1. The summed E-state index contributed by atoms with van der Waals surface area (Å²) in [5.41, 5.74) is 2.36. The van der Waals surface area contributed by atoms with Crippen LogP contribution in [0.1, 0.15) is 48.9 Å². The van der Waals surface area contributed by atoms with Crippen molar-refractivity contribution in [2.24, 2.45) is 0 Å².